The second-order valence-corrected chi connectivity index (χ2v) is 5.61. The summed E-state index contributed by atoms with van der Waals surface area (Å²) in [6, 6.07) is 14.9. The standard InChI is InChI=1S/C15H13NO3S/c17-12-6-8-13-7-4-5-11-15(13)16-20(18,19)14-9-2-1-3-10-14/h1-5,7,9-11,16-17H,12H2. The lowest BCUT2D eigenvalue weighted by molar-refractivity contribution is 0.350. The van der Waals surface area contributed by atoms with Crippen molar-refractivity contribution in [3.8, 4) is 11.8 Å². The van der Waals surface area contributed by atoms with Crippen molar-refractivity contribution < 1.29 is 13.5 Å². The van der Waals surface area contributed by atoms with Crippen LogP contribution in [0.3, 0.4) is 0 Å². The van der Waals surface area contributed by atoms with Gasteiger partial charge in [-0.2, -0.15) is 0 Å². The fraction of sp³-hybridized carbons (Fsp3) is 0.0667. The van der Waals surface area contributed by atoms with Gasteiger partial charge in [-0.15, -0.1) is 0 Å². The van der Waals surface area contributed by atoms with Gasteiger partial charge in [0.1, 0.15) is 6.61 Å². The Hall–Kier alpha value is -2.29. The van der Waals surface area contributed by atoms with E-state index in [-0.39, 0.29) is 11.5 Å². The summed E-state index contributed by atoms with van der Waals surface area (Å²) >= 11 is 0. The Kier molecular flexibility index (Phi) is 4.41. The van der Waals surface area contributed by atoms with Crippen molar-refractivity contribution in [2.24, 2.45) is 0 Å². The van der Waals surface area contributed by atoms with Gasteiger partial charge in [0.15, 0.2) is 0 Å². The Morgan fingerprint density at radius 2 is 1.65 bits per heavy atom. The number of benzene rings is 2. The number of aliphatic hydroxyl groups is 1. The van der Waals surface area contributed by atoms with Crippen molar-refractivity contribution in [1.29, 1.82) is 0 Å². The van der Waals surface area contributed by atoms with Gasteiger partial charge in [0.05, 0.1) is 10.6 Å². The third-order valence-electron chi connectivity index (χ3n) is 2.53. The molecule has 0 unspecified atom stereocenters. The second kappa shape index (κ2) is 6.24. The zero-order chi connectivity index (χ0) is 14.4. The molecule has 5 heteroatoms. The normalized spacial score (nSPS) is 10.4. The highest BCUT2D eigenvalue weighted by Gasteiger charge is 2.14. The fourth-order valence-electron chi connectivity index (χ4n) is 1.62. The molecule has 0 heterocycles. The molecule has 2 N–H and O–H groups in total. The molecule has 4 nitrogen and oxygen atoms in total. The summed E-state index contributed by atoms with van der Waals surface area (Å²) in [7, 11) is -3.64. The van der Waals surface area contributed by atoms with Crippen molar-refractivity contribution in [3.05, 3.63) is 60.2 Å². The van der Waals surface area contributed by atoms with Gasteiger partial charge < -0.3 is 5.11 Å². The van der Waals surface area contributed by atoms with Crippen molar-refractivity contribution in [2.75, 3.05) is 11.3 Å². The van der Waals surface area contributed by atoms with E-state index in [9.17, 15) is 8.42 Å². The summed E-state index contributed by atoms with van der Waals surface area (Å²) in [6.45, 7) is -0.278. The Morgan fingerprint density at radius 1 is 1.00 bits per heavy atom. The molecule has 2 aromatic rings. The summed E-state index contributed by atoms with van der Waals surface area (Å²) in [5.74, 6) is 5.21. The summed E-state index contributed by atoms with van der Waals surface area (Å²) < 4.78 is 26.9. The highest BCUT2D eigenvalue weighted by Crippen LogP contribution is 2.19. The van der Waals surface area contributed by atoms with E-state index < -0.39 is 10.0 Å². The second-order valence-electron chi connectivity index (χ2n) is 3.92. The third-order valence-corrected chi connectivity index (χ3v) is 3.91. The minimum absolute atomic E-state index is 0.185. The zero-order valence-electron chi connectivity index (χ0n) is 10.6. The van der Waals surface area contributed by atoms with E-state index in [4.69, 9.17) is 5.11 Å². The minimum atomic E-state index is -3.64. The Balaban J connectivity index is 2.35. The number of sulfonamides is 1. The molecule has 0 saturated carbocycles. The molecule has 0 fully saturated rings. The topological polar surface area (TPSA) is 66.4 Å². The van der Waals surface area contributed by atoms with Crippen LogP contribution in [0.5, 0.6) is 0 Å². The van der Waals surface area contributed by atoms with E-state index in [0.29, 0.717) is 11.3 Å². The molecular weight excluding hydrogens is 274 g/mol. The smallest absolute Gasteiger partial charge is 0.261 e. The van der Waals surface area contributed by atoms with Gasteiger partial charge in [-0.1, -0.05) is 42.2 Å². The van der Waals surface area contributed by atoms with Crippen molar-refractivity contribution in [2.45, 2.75) is 4.90 Å². The predicted octanol–water partition coefficient (Wildman–Crippen LogP) is 1.83. The zero-order valence-corrected chi connectivity index (χ0v) is 11.4. The van der Waals surface area contributed by atoms with Crippen molar-refractivity contribution in [3.63, 3.8) is 0 Å². The van der Waals surface area contributed by atoms with E-state index in [0.717, 1.165) is 0 Å². The van der Waals surface area contributed by atoms with E-state index in [2.05, 4.69) is 16.6 Å². The molecule has 2 rings (SSSR count). The number of hydrogen-bond donors (Lipinski definition) is 2. The van der Waals surface area contributed by atoms with Crippen molar-refractivity contribution >= 4 is 15.7 Å². The molecule has 0 atom stereocenters. The summed E-state index contributed by atoms with van der Waals surface area (Å²) in [5, 5.41) is 8.72. The molecule has 2 aromatic carbocycles. The molecule has 0 amide bonds. The highest BCUT2D eigenvalue weighted by atomic mass is 32.2. The van der Waals surface area contributed by atoms with Gasteiger partial charge in [0.25, 0.3) is 10.0 Å². The number of para-hydroxylation sites is 1. The van der Waals surface area contributed by atoms with Crippen LogP contribution in [0.15, 0.2) is 59.5 Å². The first kappa shape index (κ1) is 14.1. The molecule has 0 aliphatic rings. The average Bonchev–Trinajstić information content (AvgIpc) is 2.47. The predicted molar refractivity (Wildman–Crippen MR) is 77.7 cm³/mol. The average molecular weight is 287 g/mol. The highest BCUT2D eigenvalue weighted by molar-refractivity contribution is 7.92. The van der Waals surface area contributed by atoms with E-state index >= 15 is 0 Å². The minimum Gasteiger partial charge on any atom is -0.384 e. The van der Waals surface area contributed by atoms with Crippen LogP contribution in [0.4, 0.5) is 5.69 Å². The van der Waals surface area contributed by atoms with Crippen LogP contribution in [0.1, 0.15) is 5.56 Å². The Morgan fingerprint density at radius 3 is 2.35 bits per heavy atom. The van der Waals surface area contributed by atoms with Crippen LogP contribution in [0.2, 0.25) is 0 Å². The molecule has 0 bridgehead atoms. The lowest BCUT2D eigenvalue weighted by atomic mass is 10.2. The van der Waals surface area contributed by atoms with E-state index in [1.165, 1.54) is 12.1 Å². The molecule has 0 aromatic heterocycles. The number of nitrogens with one attached hydrogen (secondary N) is 1. The van der Waals surface area contributed by atoms with Gasteiger partial charge in [0.2, 0.25) is 0 Å². The molecule has 0 saturated heterocycles. The number of anilines is 1. The maximum absolute atomic E-state index is 12.2. The van der Waals surface area contributed by atoms with Crippen LogP contribution in [0.25, 0.3) is 0 Å². The van der Waals surface area contributed by atoms with Crippen LogP contribution >= 0.6 is 0 Å². The van der Waals surface area contributed by atoms with Crippen LogP contribution < -0.4 is 4.72 Å². The lowest BCUT2D eigenvalue weighted by Gasteiger charge is -2.09. The maximum atomic E-state index is 12.2. The molecule has 0 radical (unpaired) electrons. The number of hydrogen-bond acceptors (Lipinski definition) is 3. The molecule has 102 valence electrons. The van der Waals surface area contributed by atoms with Gasteiger partial charge in [-0.05, 0) is 24.3 Å². The molecule has 0 spiro atoms. The first-order valence-electron chi connectivity index (χ1n) is 5.90. The molecule has 0 aliphatic carbocycles. The van der Waals surface area contributed by atoms with Gasteiger partial charge >= 0.3 is 0 Å². The maximum Gasteiger partial charge on any atom is 0.261 e. The third kappa shape index (κ3) is 3.38. The Labute approximate surface area is 118 Å². The Bertz CT molecular complexity index is 743. The summed E-state index contributed by atoms with van der Waals surface area (Å²) in [5.41, 5.74) is 0.901. The molecule has 0 aliphatic heterocycles. The van der Waals surface area contributed by atoms with Crippen LogP contribution in [0, 0.1) is 11.8 Å². The quantitative estimate of drug-likeness (QED) is 0.846. The fourth-order valence-corrected chi connectivity index (χ4v) is 2.72. The first-order valence-corrected chi connectivity index (χ1v) is 7.38. The van der Waals surface area contributed by atoms with Crippen LogP contribution in [-0.2, 0) is 10.0 Å². The van der Waals surface area contributed by atoms with Crippen molar-refractivity contribution in [1.82, 2.24) is 0 Å². The van der Waals surface area contributed by atoms with Gasteiger partial charge in [-0.3, -0.25) is 4.72 Å². The van der Waals surface area contributed by atoms with Crippen LogP contribution in [-0.4, -0.2) is 20.1 Å². The SMILES string of the molecule is O=S(=O)(Nc1ccccc1C#CCO)c1ccccc1. The van der Waals surface area contributed by atoms with Gasteiger partial charge in [-0.25, -0.2) is 8.42 Å². The first-order chi connectivity index (χ1) is 9.63. The molecular formula is C15H13NO3S. The van der Waals surface area contributed by atoms with Gasteiger partial charge in [0, 0.05) is 5.56 Å². The number of rotatable bonds is 3. The van der Waals surface area contributed by atoms with E-state index in [1.807, 2.05) is 0 Å². The largest absolute Gasteiger partial charge is 0.384 e. The monoisotopic (exact) mass is 287 g/mol. The lowest BCUT2D eigenvalue weighted by Crippen LogP contribution is -2.13. The summed E-state index contributed by atoms with van der Waals surface area (Å²) in [4.78, 5) is 0.185. The number of aliphatic hydroxyl groups excluding tert-OH is 1. The molecule has 20 heavy (non-hydrogen) atoms. The summed E-state index contributed by atoms with van der Waals surface area (Å²) in [6.07, 6.45) is 0. The van der Waals surface area contributed by atoms with E-state index in [1.54, 1.807) is 42.5 Å².